The molecule has 0 atom stereocenters. The minimum absolute atomic E-state index is 0.00224. The van der Waals surface area contributed by atoms with E-state index in [1.807, 2.05) is 6.92 Å². The fraction of sp³-hybridized carbons (Fsp3) is 0.750. The Kier molecular flexibility index (Phi) is 4.48. The first-order valence-electron chi connectivity index (χ1n) is 6.40. The van der Waals surface area contributed by atoms with E-state index in [0.29, 0.717) is 10.8 Å². The van der Waals surface area contributed by atoms with Crippen LogP contribution in [0, 0.1) is 5.92 Å². The van der Waals surface area contributed by atoms with Crippen LogP contribution in [0.5, 0.6) is 0 Å². The number of nitrogens with zero attached hydrogens (tertiary/aromatic N) is 2. The van der Waals surface area contributed by atoms with Gasteiger partial charge < -0.3 is 5.32 Å². The zero-order valence-corrected chi connectivity index (χ0v) is 11.1. The zero-order valence-electron chi connectivity index (χ0n) is 10.2. The highest BCUT2D eigenvalue weighted by Crippen LogP contribution is 2.23. The molecule has 17 heavy (non-hydrogen) atoms. The largest absolute Gasteiger partial charge is 0.351 e. The number of nitrogens with one attached hydrogen (secondary N) is 1. The molecule has 0 unspecified atom stereocenters. The van der Waals surface area contributed by atoms with Crippen LogP contribution in [0.4, 0.5) is 0 Å². The molecule has 94 valence electrons. The number of carbonyl (C=O) groups excluding carboxylic acids is 1. The molecule has 2 rings (SSSR count). The maximum Gasteiger partial charge on any atom is 0.264 e. The molecule has 0 bridgehead atoms. The van der Waals surface area contributed by atoms with Crippen molar-refractivity contribution in [2.24, 2.45) is 5.92 Å². The normalized spacial score (nSPS) is 17.0. The zero-order chi connectivity index (χ0) is 12.1. The molecule has 1 N–H and O–H groups in total. The fourth-order valence-corrected chi connectivity index (χ4v) is 2.99. The molecule has 0 aromatic carbocycles. The molecule has 0 aliphatic heterocycles. The van der Waals surface area contributed by atoms with Gasteiger partial charge in [0.1, 0.15) is 4.88 Å². The van der Waals surface area contributed by atoms with Gasteiger partial charge in [-0.1, -0.05) is 30.7 Å². The number of amides is 1. The van der Waals surface area contributed by atoms with Crippen LogP contribution < -0.4 is 5.32 Å². The lowest BCUT2D eigenvalue weighted by Gasteiger charge is -2.21. The van der Waals surface area contributed by atoms with Crippen LogP contribution in [0.1, 0.15) is 54.4 Å². The maximum absolute atomic E-state index is 11.9. The monoisotopic (exact) mass is 253 g/mol. The van der Waals surface area contributed by atoms with Crippen LogP contribution in [0.3, 0.4) is 0 Å². The summed E-state index contributed by atoms with van der Waals surface area (Å²) in [6, 6.07) is 0. The van der Waals surface area contributed by atoms with E-state index in [9.17, 15) is 4.79 Å². The first kappa shape index (κ1) is 12.5. The molecule has 1 saturated carbocycles. The molecule has 5 heteroatoms. The second kappa shape index (κ2) is 6.10. The van der Waals surface area contributed by atoms with Crippen molar-refractivity contribution in [2.75, 3.05) is 6.54 Å². The summed E-state index contributed by atoms with van der Waals surface area (Å²) in [6.45, 7) is 2.80. The lowest BCUT2D eigenvalue weighted by Crippen LogP contribution is -2.30. The second-order valence-electron chi connectivity index (χ2n) is 4.62. The van der Waals surface area contributed by atoms with E-state index in [-0.39, 0.29) is 5.91 Å². The molecule has 1 aliphatic rings. The molecule has 1 aromatic heterocycles. The molecule has 1 fully saturated rings. The molecule has 1 aromatic rings. The van der Waals surface area contributed by atoms with Gasteiger partial charge in [-0.05, 0) is 36.7 Å². The summed E-state index contributed by atoms with van der Waals surface area (Å²) in [4.78, 5) is 12.6. The summed E-state index contributed by atoms with van der Waals surface area (Å²) in [5.41, 5.74) is 0.816. The van der Waals surface area contributed by atoms with E-state index in [1.165, 1.54) is 43.6 Å². The van der Waals surface area contributed by atoms with Crippen molar-refractivity contribution in [3.63, 3.8) is 0 Å². The van der Waals surface area contributed by atoms with Crippen molar-refractivity contribution in [2.45, 2.75) is 45.4 Å². The number of hydrogen-bond donors (Lipinski definition) is 1. The van der Waals surface area contributed by atoms with E-state index >= 15 is 0 Å². The Morgan fingerprint density at radius 3 is 2.88 bits per heavy atom. The number of carbonyl (C=O) groups is 1. The lowest BCUT2D eigenvalue weighted by atomic mass is 9.89. The Bertz CT molecular complexity index is 372. The summed E-state index contributed by atoms with van der Waals surface area (Å²) in [6.07, 6.45) is 7.24. The highest BCUT2D eigenvalue weighted by Gasteiger charge is 2.18. The Labute approximate surface area is 106 Å². The van der Waals surface area contributed by atoms with Gasteiger partial charge in [0.15, 0.2) is 0 Å². The molecule has 0 radical (unpaired) electrons. The Morgan fingerprint density at radius 1 is 1.41 bits per heavy atom. The van der Waals surface area contributed by atoms with E-state index in [1.54, 1.807) is 0 Å². The summed E-state index contributed by atoms with van der Waals surface area (Å²) in [5.74, 6) is 0.668. The predicted octanol–water partition coefficient (Wildman–Crippen LogP) is 2.41. The van der Waals surface area contributed by atoms with Crippen molar-refractivity contribution in [1.82, 2.24) is 14.9 Å². The maximum atomic E-state index is 11.9. The van der Waals surface area contributed by atoms with E-state index in [2.05, 4.69) is 14.9 Å². The summed E-state index contributed by atoms with van der Waals surface area (Å²) < 4.78 is 3.84. The average molecular weight is 253 g/mol. The van der Waals surface area contributed by atoms with Crippen molar-refractivity contribution in [3.05, 3.63) is 10.6 Å². The summed E-state index contributed by atoms with van der Waals surface area (Å²) in [5, 5.41) is 6.98. The first-order valence-corrected chi connectivity index (χ1v) is 7.18. The predicted molar refractivity (Wildman–Crippen MR) is 68.2 cm³/mol. The van der Waals surface area contributed by atoms with Crippen molar-refractivity contribution < 1.29 is 4.79 Å². The quantitative estimate of drug-likeness (QED) is 0.896. The van der Waals surface area contributed by atoms with Crippen LogP contribution >= 0.6 is 11.5 Å². The van der Waals surface area contributed by atoms with Gasteiger partial charge in [0.2, 0.25) is 0 Å². The van der Waals surface area contributed by atoms with Gasteiger partial charge in [-0.25, -0.2) is 0 Å². The summed E-state index contributed by atoms with van der Waals surface area (Å²) in [7, 11) is 0. The fourth-order valence-electron chi connectivity index (χ4n) is 2.32. The van der Waals surface area contributed by atoms with Crippen LogP contribution in [-0.2, 0) is 6.42 Å². The minimum Gasteiger partial charge on any atom is -0.351 e. The third kappa shape index (κ3) is 3.25. The number of aryl methyl sites for hydroxylation is 1. The Morgan fingerprint density at radius 2 is 2.18 bits per heavy atom. The molecule has 1 aliphatic carbocycles. The van der Waals surface area contributed by atoms with Gasteiger partial charge in [0.25, 0.3) is 5.91 Å². The van der Waals surface area contributed by atoms with Gasteiger partial charge in [0, 0.05) is 6.54 Å². The van der Waals surface area contributed by atoms with Crippen LogP contribution in [0.15, 0.2) is 0 Å². The average Bonchev–Trinajstić information content (AvgIpc) is 2.85. The molecule has 0 spiro atoms. The molecule has 1 heterocycles. The molecule has 1 amide bonds. The third-order valence-electron chi connectivity index (χ3n) is 3.37. The SMILES string of the molecule is CCc1nnsc1C(=O)NCC1CCCCC1. The van der Waals surface area contributed by atoms with Crippen molar-refractivity contribution >= 4 is 17.4 Å². The molecular weight excluding hydrogens is 234 g/mol. The number of rotatable bonds is 4. The van der Waals surface area contributed by atoms with Gasteiger partial charge in [-0.2, -0.15) is 0 Å². The van der Waals surface area contributed by atoms with Gasteiger partial charge in [0.05, 0.1) is 5.69 Å². The molecule has 0 saturated heterocycles. The van der Waals surface area contributed by atoms with Gasteiger partial charge >= 0.3 is 0 Å². The topological polar surface area (TPSA) is 54.9 Å². The minimum atomic E-state index is 0.00224. The van der Waals surface area contributed by atoms with Crippen LogP contribution in [0.25, 0.3) is 0 Å². The van der Waals surface area contributed by atoms with E-state index in [4.69, 9.17) is 0 Å². The van der Waals surface area contributed by atoms with Crippen molar-refractivity contribution in [3.8, 4) is 0 Å². The third-order valence-corrected chi connectivity index (χ3v) is 4.14. The van der Waals surface area contributed by atoms with Gasteiger partial charge in [-0.15, -0.1) is 5.10 Å². The van der Waals surface area contributed by atoms with Crippen molar-refractivity contribution in [1.29, 1.82) is 0 Å². The standard InChI is InChI=1S/C12H19N3OS/c1-2-10-11(17-15-14-10)12(16)13-8-9-6-4-3-5-7-9/h9H,2-8H2,1H3,(H,13,16). The number of aromatic nitrogens is 2. The van der Waals surface area contributed by atoms with Crippen LogP contribution in [-0.4, -0.2) is 22.0 Å². The molecule has 4 nitrogen and oxygen atoms in total. The number of hydrogen-bond acceptors (Lipinski definition) is 4. The smallest absolute Gasteiger partial charge is 0.264 e. The first-order chi connectivity index (χ1) is 8.31. The second-order valence-corrected chi connectivity index (χ2v) is 5.37. The highest BCUT2D eigenvalue weighted by atomic mass is 32.1. The Balaban J connectivity index is 1.84. The van der Waals surface area contributed by atoms with Gasteiger partial charge in [-0.3, -0.25) is 4.79 Å². The highest BCUT2D eigenvalue weighted by molar-refractivity contribution is 7.08. The van der Waals surface area contributed by atoms with E-state index in [0.717, 1.165) is 18.7 Å². The lowest BCUT2D eigenvalue weighted by molar-refractivity contribution is 0.0946. The van der Waals surface area contributed by atoms with Crippen LogP contribution in [0.2, 0.25) is 0 Å². The van der Waals surface area contributed by atoms with E-state index < -0.39 is 0 Å². The molecular formula is C12H19N3OS. The summed E-state index contributed by atoms with van der Waals surface area (Å²) >= 11 is 1.20. The Hall–Kier alpha value is -0.970.